The molecule has 1 aliphatic carbocycles. The van der Waals surface area contributed by atoms with Crippen molar-refractivity contribution in [2.45, 2.75) is 57.5 Å². The number of carbonyl (C=O) groups is 1. The summed E-state index contributed by atoms with van der Waals surface area (Å²) in [4.78, 5) is 16.1. The average molecular weight is 434 g/mol. The van der Waals surface area contributed by atoms with Gasteiger partial charge in [-0.3, -0.25) is 9.79 Å². The first kappa shape index (κ1) is 23.2. The third-order valence-electron chi connectivity index (χ3n) is 5.34. The molecule has 0 atom stereocenters. The molecular formula is C23H35N3O5. The van der Waals surface area contributed by atoms with Gasteiger partial charge in [0.2, 0.25) is 0 Å². The monoisotopic (exact) mass is 433 g/mol. The van der Waals surface area contributed by atoms with Crippen LogP contribution < -0.4 is 20.1 Å². The number of anilines is 1. The summed E-state index contributed by atoms with van der Waals surface area (Å²) in [5, 5.41) is 6.48. The zero-order chi connectivity index (χ0) is 21.7. The molecule has 1 aromatic carbocycles. The van der Waals surface area contributed by atoms with Gasteiger partial charge in [-0.1, -0.05) is 19.3 Å². The molecule has 0 amide bonds. The van der Waals surface area contributed by atoms with Crippen LogP contribution in [0.25, 0.3) is 0 Å². The van der Waals surface area contributed by atoms with Gasteiger partial charge in [-0.25, -0.2) is 0 Å². The maximum Gasteiger partial charge on any atom is 0.307 e. The number of carbonyl (C=O) groups excluding carboxylic acids is 1. The number of nitrogens with one attached hydrogen (secondary N) is 2. The van der Waals surface area contributed by atoms with Crippen LogP contribution >= 0.6 is 0 Å². The Morgan fingerprint density at radius 2 is 1.94 bits per heavy atom. The highest BCUT2D eigenvalue weighted by Crippen LogP contribution is 2.32. The molecule has 0 aromatic heterocycles. The second-order valence-electron chi connectivity index (χ2n) is 7.80. The van der Waals surface area contributed by atoms with Crippen molar-refractivity contribution >= 4 is 17.6 Å². The fraction of sp³-hybridized carbons (Fsp3) is 0.652. The molecule has 0 radical (unpaired) electrons. The first-order chi connectivity index (χ1) is 15.2. The van der Waals surface area contributed by atoms with E-state index in [1.54, 1.807) is 0 Å². The molecule has 1 saturated carbocycles. The molecule has 0 saturated heterocycles. The van der Waals surface area contributed by atoms with E-state index in [1.165, 1.54) is 39.2 Å². The summed E-state index contributed by atoms with van der Waals surface area (Å²) in [5.41, 5.74) is 0.840. The van der Waals surface area contributed by atoms with Gasteiger partial charge in [0.15, 0.2) is 17.5 Å². The van der Waals surface area contributed by atoms with E-state index in [-0.39, 0.29) is 12.4 Å². The normalized spacial score (nSPS) is 17.0. The quantitative estimate of drug-likeness (QED) is 0.267. The fourth-order valence-corrected chi connectivity index (χ4v) is 3.64. The lowest BCUT2D eigenvalue weighted by atomic mass is 9.98. The number of fused-ring (bicyclic) bond motifs is 1. The summed E-state index contributed by atoms with van der Waals surface area (Å²) in [7, 11) is 1.39. The maximum absolute atomic E-state index is 11.4. The van der Waals surface area contributed by atoms with Crippen molar-refractivity contribution in [3.63, 3.8) is 0 Å². The molecule has 0 spiro atoms. The van der Waals surface area contributed by atoms with Gasteiger partial charge in [0.25, 0.3) is 0 Å². The number of ether oxygens (including phenoxy) is 4. The molecule has 31 heavy (non-hydrogen) atoms. The Labute approximate surface area is 184 Å². The minimum absolute atomic E-state index is 0.261. The molecule has 1 aromatic rings. The van der Waals surface area contributed by atoms with E-state index in [0.717, 1.165) is 30.0 Å². The lowest BCUT2D eigenvalue weighted by Gasteiger charge is -2.21. The average Bonchev–Trinajstić information content (AvgIpc) is 3.04. The molecule has 8 nitrogen and oxygen atoms in total. The predicted octanol–water partition coefficient (Wildman–Crippen LogP) is 3.51. The zero-order valence-electron chi connectivity index (χ0n) is 18.5. The lowest BCUT2D eigenvalue weighted by molar-refractivity contribution is -0.140. The minimum Gasteiger partial charge on any atom is -0.490 e. The molecule has 2 N–H and O–H groups in total. The molecule has 2 aliphatic rings. The van der Waals surface area contributed by atoms with Crippen LogP contribution in [0.5, 0.6) is 11.5 Å². The number of aliphatic imine (C=N–C) groups is 1. The summed E-state index contributed by atoms with van der Waals surface area (Å²) < 4.78 is 22.1. The van der Waals surface area contributed by atoms with E-state index in [9.17, 15) is 4.79 Å². The zero-order valence-corrected chi connectivity index (χ0v) is 18.5. The second kappa shape index (κ2) is 13.0. The number of rotatable bonds is 9. The van der Waals surface area contributed by atoms with Gasteiger partial charge in [-0.2, -0.15) is 0 Å². The number of benzene rings is 1. The van der Waals surface area contributed by atoms with E-state index in [2.05, 4.69) is 15.6 Å². The molecule has 1 aliphatic heterocycles. The van der Waals surface area contributed by atoms with Crippen LogP contribution in [0.3, 0.4) is 0 Å². The Morgan fingerprint density at radius 3 is 2.74 bits per heavy atom. The number of hydrogen-bond acceptors (Lipinski definition) is 6. The van der Waals surface area contributed by atoms with Gasteiger partial charge < -0.3 is 29.6 Å². The number of guanidine groups is 1. The van der Waals surface area contributed by atoms with E-state index in [4.69, 9.17) is 18.9 Å². The van der Waals surface area contributed by atoms with Crippen molar-refractivity contribution in [1.29, 1.82) is 0 Å². The lowest BCUT2D eigenvalue weighted by Crippen LogP contribution is -2.33. The SMILES string of the molecule is COC(=O)CCNC(=NCCCOC1CCCCC1)Nc1ccc2c(c1)OCCCO2. The van der Waals surface area contributed by atoms with Gasteiger partial charge >= 0.3 is 5.97 Å². The third-order valence-corrected chi connectivity index (χ3v) is 5.34. The highest BCUT2D eigenvalue weighted by molar-refractivity contribution is 5.94. The third kappa shape index (κ3) is 8.28. The van der Waals surface area contributed by atoms with Crippen LogP contribution in [0.4, 0.5) is 5.69 Å². The number of nitrogens with zero attached hydrogens (tertiary/aromatic N) is 1. The summed E-state index contributed by atoms with van der Waals surface area (Å²) >= 11 is 0. The topological polar surface area (TPSA) is 90.4 Å². The van der Waals surface area contributed by atoms with Gasteiger partial charge in [0.1, 0.15) is 0 Å². The van der Waals surface area contributed by atoms with Crippen LogP contribution in [0.1, 0.15) is 51.4 Å². The van der Waals surface area contributed by atoms with E-state index in [1.807, 2.05) is 18.2 Å². The smallest absolute Gasteiger partial charge is 0.307 e. The van der Waals surface area contributed by atoms with Crippen LogP contribution in [0, 0.1) is 0 Å². The maximum atomic E-state index is 11.4. The van der Waals surface area contributed by atoms with Crippen molar-refractivity contribution in [2.75, 3.05) is 45.3 Å². The van der Waals surface area contributed by atoms with Gasteiger partial charge in [0, 0.05) is 37.9 Å². The van der Waals surface area contributed by atoms with Crippen molar-refractivity contribution in [3.05, 3.63) is 18.2 Å². The van der Waals surface area contributed by atoms with Crippen molar-refractivity contribution < 1.29 is 23.7 Å². The molecule has 172 valence electrons. The molecule has 0 bridgehead atoms. The van der Waals surface area contributed by atoms with Gasteiger partial charge in [-0.05, 0) is 31.4 Å². The standard InChI is InChI=1S/C23H35N3O5/c1-28-22(27)11-13-25-23(24-12-5-14-29-19-7-3-2-4-8-19)26-18-9-10-20-21(17-18)31-16-6-15-30-20/h9-10,17,19H,2-8,11-16H2,1H3,(H2,24,25,26). The summed E-state index contributed by atoms with van der Waals surface area (Å²) in [6.45, 7) is 3.07. The van der Waals surface area contributed by atoms with Crippen LogP contribution in [0.2, 0.25) is 0 Å². The Hall–Kier alpha value is -2.48. The second-order valence-corrected chi connectivity index (χ2v) is 7.80. The highest BCUT2D eigenvalue weighted by Gasteiger charge is 2.14. The molecule has 3 rings (SSSR count). The fourth-order valence-electron chi connectivity index (χ4n) is 3.64. The Morgan fingerprint density at radius 1 is 1.13 bits per heavy atom. The Bertz CT molecular complexity index is 719. The van der Waals surface area contributed by atoms with Crippen LogP contribution in [0.15, 0.2) is 23.2 Å². The molecule has 1 heterocycles. The van der Waals surface area contributed by atoms with E-state index in [0.29, 0.717) is 45.0 Å². The predicted molar refractivity (Wildman–Crippen MR) is 120 cm³/mol. The minimum atomic E-state index is -0.261. The largest absolute Gasteiger partial charge is 0.490 e. The molecule has 8 heteroatoms. The summed E-state index contributed by atoms with van der Waals surface area (Å²) in [6, 6.07) is 5.73. The summed E-state index contributed by atoms with van der Waals surface area (Å²) in [6.07, 6.45) is 8.62. The van der Waals surface area contributed by atoms with Gasteiger partial charge in [0.05, 0.1) is 32.8 Å². The Kier molecular flexibility index (Phi) is 9.76. The number of esters is 1. The Balaban J connectivity index is 1.52. The van der Waals surface area contributed by atoms with Crippen molar-refractivity contribution in [2.24, 2.45) is 4.99 Å². The molecular weight excluding hydrogens is 398 g/mol. The molecule has 0 unspecified atom stereocenters. The first-order valence-corrected chi connectivity index (χ1v) is 11.4. The van der Waals surface area contributed by atoms with Crippen molar-refractivity contribution in [1.82, 2.24) is 5.32 Å². The van der Waals surface area contributed by atoms with E-state index < -0.39 is 0 Å². The van der Waals surface area contributed by atoms with Gasteiger partial charge in [-0.15, -0.1) is 0 Å². The first-order valence-electron chi connectivity index (χ1n) is 11.4. The summed E-state index contributed by atoms with van der Waals surface area (Å²) in [5.74, 6) is 1.82. The molecule has 1 fully saturated rings. The van der Waals surface area contributed by atoms with E-state index >= 15 is 0 Å². The highest BCUT2D eigenvalue weighted by atomic mass is 16.5. The van der Waals surface area contributed by atoms with Crippen LogP contribution in [-0.4, -0.2) is 58.1 Å². The number of hydrogen-bond donors (Lipinski definition) is 2. The number of methoxy groups -OCH3 is 1. The van der Waals surface area contributed by atoms with Crippen molar-refractivity contribution in [3.8, 4) is 11.5 Å². The van der Waals surface area contributed by atoms with Crippen LogP contribution in [-0.2, 0) is 14.3 Å².